The molecular formula is C9H8ClN3O. The molecule has 0 atom stereocenters. The molecule has 72 valence electrons. The fraction of sp³-hybridized carbons (Fsp3) is 0.111. The second-order valence-corrected chi connectivity index (χ2v) is 3.12. The highest BCUT2D eigenvalue weighted by Gasteiger charge is 2.05. The molecule has 0 amide bonds. The van der Waals surface area contributed by atoms with Crippen LogP contribution < -0.4 is 4.74 Å². The zero-order chi connectivity index (χ0) is 9.97. The van der Waals surface area contributed by atoms with Crippen LogP contribution in [-0.2, 0) is 0 Å². The molecule has 0 spiro atoms. The summed E-state index contributed by atoms with van der Waals surface area (Å²) in [4.78, 5) is 0. The molecule has 0 unspecified atom stereocenters. The standard InChI is InChI=1S/C9H8ClN3O/c1-14-9-3-2-7(10)4-8(9)13-5-11-12-6-13/h2-6H,1H3. The van der Waals surface area contributed by atoms with E-state index >= 15 is 0 Å². The number of benzene rings is 1. The van der Waals surface area contributed by atoms with E-state index in [0.29, 0.717) is 5.02 Å². The Morgan fingerprint density at radius 1 is 1.29 bits per heavy atom. The summed E-state index contributed by atoms with van der Waals surface area (Å²) in [6.45, 7) is 0. The van der Waals surface area contributed by atoms with Gasteiger partial charge < -0.3 is 4.74 Å². The number of nitrogens with zero attached hydrogens (tertiary/aromatic N) is 3. The van der Waals surface area contributed by atoms with E-state index in [9.17, 15) is 0 Å². The molecule has 5 heteroatoms. The number of rotatable bonds is 2. The number of hydrogen-bond acceptors (Lipinski definition) is 3. The lowest BCUT2D eigenvalue weighted by Gasteiger charge is -2.08. The SMILES string of the molecule is COc1ccc(Cl)cc1-n1cnnc1. The fourth-order valence-corrected chi connectivity index (χ4v) is 1.36. The van der Waals surface area contributed by atoms with E-state index in [1.807, 2.05) is 0 Å². The maximum absolute atomic E-state index is 5.88. The van der Waals surface area contributed by atoms with E-state index in [0.717, 1.165) is 11.4 Å². The minimum absolute atomic E-state index is 0.648. The van der Waals surface area contributed by atoms with Gasteiger partial charge >= 0.3 is 0 Å². The third-order valence-corrected chi connectivity index (χ3v) is 2.07. The van der Waals surface area contributed by atoms with Crippen molar-refractivity contribution >= 4 is 11.6 Å². The van der Waals surface area contributed by atoms with Gasteiger partial charge in [-0.1, -0.05) is 11.6 Å². The van der Waals surface area contributed by atoms with Crippen LogP contribution in [0.5, 0.6) is 5.75 Å². The minimum atomic E-state index is 0.648. The van der Waals surface area contributed by atoms with Crippen molar-refractivity contribution < 1.29 is 4.74 Å². The maximum Gasteiger partial charge on any atom is 0.143 e. The number of halogens is 1. The van der Waals surface area contributed by atoms with Crippen LogP contribution in [0.25, 0.3) is 5.69 Å². The van der Waals surface area contributed by atoms with Gasteiger partial charge in [0.1, 0.15) is 18.4 Å². The largest absolute Gasteiger partial charge is 0.495 e. The Hall–Kier alpha value is -1.55. The zero-order valence-corrected chi connectivity index (χ0v) is 8.27. The molecule has 4 nitrogen and oxygen atoms in total. The molecule has 2 aromatic rings. The number of methoxy groups -OCH3 is 1. The van der Waals surface area contributed by atoms with E-state index in [-0.39, 0.29) is 0 Å². The average molecular weight is 210 g/mol. The lowest BCUT2D eigenvalue weighted by Crippen LogP contribution is -1.95. The molecule has 0 saturated heterocycles. The van der Waals surface area contributed by atoms with Crippen LogP contribution in [-0.4, -0.2) is 21.9 Å². The third kappa shape index (κ3) is 1.56. The molecule has 0 bridgehead atoms. The molecule has 0 fully saturated rings. The summed E-state index contributed by atoms with van der Waals surface area (Å²) in [5.41, 5.74) is 0.824. The van der Waals surface area contributed by atoms with Crippen molar-refractivity contribution in [3.63, 3.8) is 0 Å². The monoisotopic (exact) mass is 209 g/mol. The summed E-state index contributed by atoms with van der Waals surface area (Å²) in [5.74, 6) is 0.731. The smallest absolute Gasteiger partial charge is 0.143 e. The number of aromatic nitrogens is 3. The topological polar surface area (TPSA) is 39.9 Å². The van der Waals surface area contributed by atoms with Gasteiger partial charge in [-0.05, 0) is 18.2 Å². The molecule has 0 aliphatic heterocycles. The van der Waals surface area contributed by atoms with Crippen LogP contribution in [0.2, 0.25) is 5.02 Å². The van der Waals surface area contributed by atoms with Gasteiger partial charge in [0, 0.05) is 5.02 Å². The first-order valence-electron chi connectivity index (χ1n) is 4.00. The van der Waals surface area contributed by atoms with Crippen molar-refractivity contribution in [3.8, 4) is 11.4 Å². The first-order valence-corrected chi connectivity index (χ1v) is 4.37. The van der Waals surface area contributed by atoms with Gasteiger partial charge in [-0.2, -0.15) is 0 Å². The molecular weight excluding hydrogens is 202 g/mol. The molecule has 0 saturated carbocycles. The highest BCUT2D eigenvalue weighted by Crippen LogP contribution is 2.25. The Morgan fingerprint density at radius 2 is 2.00 bits per heavy atom. The van der Waals surface area contributed by atoms with Crippen LogP contribution in [0.3, 0.4) is 0 Å². The maximum atomic E-state index is 5.88. The predicted molar refractivity (Wildman–Crippen MR) is 52.9 cm³/mol. The fourth-order valence-electron chi connectivity index (χ4n) is 1.19. The minimum Gasteiger partial charge on any atom is -0.495 e. The van der Waals surface area contributed by atoms with E-state index in [1.54, 1.807) is 42.5 Å². The van der Waals surface area contributed by atoms with Crippen LogP contribution in [0, 0.1) is 0 Å². The Kier molecular flexibility index (Phi) is 2.37. The molecule has 14 heavy (non-hydrogen) atoms. The lowest BCUT2D eigenvalue weighted by molar-refractivity contribution is 0.413. The van der Waals surface area contributed by atoms with Crippen molar-refractivity contribution in [1.29, 1.82) is 0 Å². The molecule has 0 radical (unpaired) electrons. The van der Waals surface area contributed by atoms with Crippen LogP contribution in [0.15, 0.2) is 30.9 Å². The molecule has 1 aromatic carbocycles. The summed E-state index contributed by atoms with van der Waals surface area (Å²) >= 11 is 5.88. The van der Waals surface area contributed by atoms with Gasteiger partial charge in [-0.25, -0.2) is 0 Å². The Balaban J connectivity index is 2.55. The lowest BCUT2D eigenvalue weighted by atomic mass is 10.3. The van der Waals surface area contributed by atoms with E-state index in [4.69, 9.17) is 16.3 Å². The summed E-state index contributed by atoms with van der Waals surface area (Å²) in [5, 5.41) is 8.08. The van der Waals surface area contributed by atoms with Crippen LogP contribution in [0.4, 0.5) is 0 Å². The molecule has 0 aliphatic rings. The van der Waals surface area contributed by atoms with Crippen molar-refractivity contribution in [1.82, 2.24) is 14.8 Å². The first-order chi connectivity index (χ1) is 6.81. The Morgan fingerprint density at radius 3 is 2.64 bits per heavy atom. The van der Waals surface area contributed by atoms with Gasteiger partial charge in [0.05, 0.1) is 12.8 Å². The van der Waals surface area contributed by atoms with E-state index in [2.05, 4.69) is 10.2 Å². The van der Waals surface area contributed by atoms with Gasteiger partial charge in [0.25, 0.3) is 0 Å². The number of ether oxygens (including phenoxy) is 1. The van der Waals surface area contributed by atoms with E-state index < -0.39 is 0 Å². The van der Waals surface area contributed by atoms with Gasteiger partial charge in [0.2, 0.25) is 0 Å². The Bertz CT molecular complexity index is 428. The highest BCUT2D eigenvalue weighted by molar-refractivity contribution is 6.30. The zero-order valence-electron chi connectivity index (χ0n) is 7.51. The highest BCUT2D eigenvalue weighted by atomic mass is 35.5. The van der Waals surface area contributed by atoms with Crippen molar-refractivity contribution in [2.24, 2.45) is 0 Å². The summed E-state index contributed by atoms with van der Waals surface area (Å²) in [6, 6.07) is 5.37. The van der Waals surface area contributed by atoms with Crippen LogP contribution >= 0.6 is 11.6 Å². The Labute approximate surface area is 86.1 Å². The molecule has 1 aromatic heterocycles. The first kappa shape index (κ1) is 9.02. The van der Waals surface area contributed by atoms with Crippen LogP contribution in [0.1, 0.15) is 0 Å². The van der Waals surface area contributed by atoms with Crippen molar-refractivity contribution in [2.45, 2.75) is 0 Å². The second kappa shape index (κ2) is 3.67. The van der Waals surface area contributed by atoms with Crippen molar-refractivity contribution in [3.05, 3.63) is 35.9 Å². The van der Waals surface area contributed by atoms with E-state index in [1.165, 1.54) is 0 Å². The quantitative estimate of drug-likeness (QED) is 0.759. The molecule has 1 heterocycles. The second-order valence-electron chi connectivity index (χ2n) is 2.69. The number of hydrogen-bond donors (Lipinski definition) is 0. The molecule has 2 rings (SSSR count). The molecule has 0 N–H and O–H groups in total. The average Bonchev–Trinajstić information content (AvgIpc) is 2.70. The van der Waals surface area contributed by atoms with Gasteiger partial charge in [0.15, 0.2) is 0 Å². The summed E-state index contributed by atoms with van der Waals surface area (Å²) in [6.07, 6.45) is 3.18. The normalized spacial score (nSPS) is 10.1. The van der Waals surface area contributed by atoms with Gasteiger partial charge in [-0.3, -0.25) is 4.57 Å². The summed E-state index contributed by atoms with van der Waals surface area (Å²) < 4.78 is 6.93. The van der Waals surface area contributed by atoms with Gasteiger partial charge in [-0.15, -0.1) is 10.2 Å². The third-order valence-electron chi connectivity index (χ3n) is 1.84. The van der Waals surface area contributed by atoms with Crippen molar-refractivity contribution in [2.75, 3.05) is 7.11 Å². The summed E-state index contributed by atoms with van der Waals surface area (Å²) in [7, 11) is 1.61. The molecule has 0 aliphatic carbocycles. The predicted octanol–water partition coefficient (Wildman–Crippen LogP) is 1.93.